The third-order valence-corrected chi connectivity index (χ3v) is 2.34. The van der Waals surface area contributed by atoms with Gasteiger partial charge in [0.2, 0.25) is 0 Å². The monoisotopic (exact) mass is 288 g/mol. The number of nitrogens with one attached hydrogen (secondary N) is 2. The number of rotatable bonds is 10. The van der Waals surface area contributed by atoms with Gasteiger partial charge in [0.05, 0.1) is 12.8 Å². The lowest BCUT2D eigenvalue weighted by Gasteiger charge is -2.24. The molecule has 0 saturated carbocycles. The van der Waals surface area contributed by atoms with Crippen LogP contribution in [0, 0.1) is 0 Å². The fraction of sp³-hybridized carbons (Fsp3) is 0.833. The van der Waals surface area contributed by atoms with Crippen molar-refractivity contribution in [1.82, 2.24) is 10.6 Å². The van der Waals surface area contributed by atoms with Gasteiger partial charge in [-0.3, -0.25) is 20.2 Å². The molecule has 0 aromatic rings. The predicted octanol–water partition coefficient (Wildman–Crippen LogP) is 1.04. The minimum Gasteiger partial charge on any atom is -0.481 e. The summed E-state index contributed by atoms with van der Waals surface area (Å²) < 4.78 is 0. The Morgan fingerprint density at radius 2 is 1.15 bits per heavy atom. The number of azo groups is 1. The molecular weight excluding hydrogens is 264 g/mol. The topological polar surface area (TPSA) is 123 Å². The van der Waals surface area contributed by atoms with Gasteiger partial charge in [-0.25, -0.2) is 0 Å². The van der Waals surface area contributed by atoms with Crippen LogP contribution < -0.4 is 10.6 Å². The van der Waals surface area contributed by atoms with E-state index in [0.29, 0.717) is 13.1 Å². The van der Waals surface area contributed by atoms with Crippen molar-refractivity contribution in [3.05, 3.63) is 0 Å². The first-order valence-corrected chi connectivity index (χ1v) is 6.42. The molecule has 0 saturated heterocycles. The molecule has 0 aliphatic heterocycles. The van der Waals surface area contributed by atoms with E-state index in [9.17, 15) is 9.59 Å². The van der Waals surface area contributed by atoms with Gasteiger partial charge in [-0.15, -0.1) is 0 Å². The van der Waals surface area contributed by atoms with Crippen LogP contribution in [-0.2, 0) is 9.59 Å². The van der Waals surface area contributed by atoms with Crippen molar-refractivity contribution < 1.29 is 19.8 Å². The van der Waals surface area contributed by atoms with Crippen molar-refractivity contribution in [2.24, 2.45) is 10.2 Å². The average molecular weight is 288 g/mol. The molecule has 0 bridgehead atoms. The van der Waals surface area contributed by atoms with Crippen molar-refractivity contribution in [2.75, 3.05) is 13.1 Å². The normalized spacial score (nSPS) is 12.8. The lowest BCUT2D eigenvalue weighted by atomic mass is 10.2. The minimum absolute atomic E-state index is 0.0131. The number of nitrogens with zero attached hydrogens (tertiary/aromatic N) is 2. The highest BCUT2D eigenvalue weighted by Crippen LogP contribution is 2.11. The first kappa shape index (κ1) is 18.5. The summed E-state index contributed by atoms with van der Waals surface area (Å²) in [7, 11) is 0. The van der Waals surface area contributed by atoms with Crippen molar-refractivity contribution in [1.29, 1.82) is 0 Å². The second-order valence-electron chi connectivity index (χ2n) is 5.46. The molecule has 0 spiro atoms. The van der Waals surface area contributed by atoms with Gasteiger partial charge < -0.3 is 10.2 Å². The van der Waals surface area contributed by atoms with Gasteiger partial charge in [0, 0.05) is 13.1 Å². The molecular formula is C12H24N4O4. The Bertz CT molecular complexity index is 332. The molecule has 0 rings (SSSR count). The average Bonchev–Trinajstić information content (AvgIpc) is 2.25. The first-order chi connectivity index (χ1) is 9.04. The Morgan fingerprint density at radius 1 is 0.850 bits per heavy atom. The predicted molar refractivity (Wildman–Crippen MR) is 73.5 cm³/mol. The lowest BCUT2D eigenvalue weighted by Crippen LogP contribution is -2.41. The third kappa shape index (κ3) is 10.4. The zero-order valence-electron chi connectivity index (χ0n) is 12.4. The van der Waals surface area contributed by atoms with Crippen LogP contribution in [0.15, 0.2) is 10.2 Å². The molecule has 0 heterocycles. The van der Waals surface area contributed by atoms with Crippen LogP contribution in [0.25, 0.3) is 0 Å². The summed E-state index contributed by atoms with van der Waals surface area (Å²) in [6.07, 6.45) is 0.0262. The quantitative estimate of drug-likeness (QED) is 0.445. The van der Waals surface area contributed by atoms with Gasteiger partial charge in [-0.05, 0) is 27.7 Å². The van der Waals surface area contributed by atoms with E-state index in [1.165, 1.54) is 0 Å². The van der Waals surface area contributed by atoms with E-state index in [4.69, 9.17) is 10.2 Å². The standard InChI is InChI=1S/C12H24N4O4/c1-11(2,13-7-5-9(17)18)15-16-12(3,4)14-8-6-10(19)20/h13-14H,5-8H2,1-4H3,(H,17,18)(H,19,20). The third-order valence-electron chi connectivity index (χ3n) is 2.34. The smallest absolute Gasteiger partial charge is 0.304 e. The maximum atomic E-state index is 10.4. The van der Waals surface area contributed by atoms with Crippen LogP contribution >= 0.6 is 0 Å². The number of hydrogen-bond donors (Lipinski definition) is 4. The van der Waals surface area contributed by atoms with E-state index in [-0.39, 0.29) is 12.8 Å². The van der Waals surface area contributed by atoms with Gasteiger partial charge in [-0.1, -0.05) is 0 Å². The van der Waals surface area contributed by atoms with Crippen LogP contribution in [0.2, 0.25) is 0 Å². The van der Waals surface area contributed by atoms with Crippen LogP contribution in [0.4, 0.5) is 0 Å². The highest BCUT2D eigenvalue weighted by atomic mass is 16.4. The summed E-state index contributed by atoms with van der Waals surface area (Å²) in [4.78, 5) is 20.8. The van der Waals surface area contributed by atoms with Gasteiger partial charge in [0.1, 0.15) is 11.3 Å². The lowest BCUT2D eigenvalue weighted by molar-refractivity contribution is -0.138. The molecule has 0 amide bonds. The largest absolute Gasteiger partial charge is 0.481 e. The van der Waals surface area contributed by atoms with E-state index in [1.54, 1.807) is 27.7 Å². The van der Waals surface area contributed by atoms with Crippen LogP contribution in [-0.4, -0.2) is 46.6 Å². The summed E-state index contributed by atoms with van der Waals surface area (Å²) in [6.45, 7) is 7.73. The van der Waals surface area contributed by atoms with E-state index in [1.807, 2.05) is 0 Å². The molecule has 116 valence electrons. The van der Waals surface area contributed by atoms with Crippen LogP contribution in [0.5, 0.6) is 0 Å². The number of aliphatic carboxylic acids is 2. The minimum atomic E-state index is -0.874. The molecule has 0 fully saturated rings. The van der Waals surface area contributed by atoms with Crippen molar-refractivity contribution >= 4 is 11.9 Å². The Labute approximate surface area is 118 Å². The van der Waals surface area contributed by atoms with Crippen LogP contribution in [0.1, 0.15) is 40.5 Å². The number of hydrogen-bond acceptors (Lipinski definition) is 6. The fourth-order valence-corrected chi connectivity index (χ4v) is 1.27. The molecule has 8 heteroatoms. The summed E-state index contributed by atoms with van der Waals surface area (Å²) in [5.74, 6) is -1.75. The van der Waals surface area contributed by atoms with E-state index < -0.39 is 23.3 Å². The summed E-state index contributed by atoms with van der Waals surface area (Å²) in [5.41, 5.74) is -1.36. The Hall–Kier alpha value is -1.54. The van der Waals surface area contributed by atoms with Gasteiger partial charge in [0.25, 0.3) is 0 Å². The zero-order chi connectivity index (χ0) is 15.8. The number of carboxylic acid groups (broad SMARTS) is 2. The molecule has 0 aromatic heterocycles. The van der Waals surface area contributed by atoms with Crippen molar-refractivity contribution in [2.45, 2.75) is 51.9 Å². The molecule has 20 heavy (non-hydrogen) atoms. The van der Waals surface area contributed by atoms with Gasteiger partial charge in [0.15, 0.2) is 0 Å². The molecule has 0 aromatic carbocycles. The second-order valence-corrected chi connectivity index (χ2v) is 5.46. The zero-order valence-corrected chi connectivity index (χ0v) is 12.4. The summed E-state index contributed by atoms with van der Waals surface area (Å²) in [5, 5.41) is 31.3. The Balaban J connectivity index is 4.27. The Morgan fingerprint density at radius 3 is 1.40 bits per heavy atom. The molecule has 4 N–H and O–H groups in total. The van der Waals surface area contributed by atoms with Crippen molar-refractivity contribution in [3.63, 3.8) is 0 Å². The number of carbonyl (C=O) groups is 2. The molecule has 0 unspecified atom stereocenters. The second kappa shape index (κ2) is 7.91. The number of carboxylic acids is 2. The SMILES string of the molecule is CC(C)(N=NC(C)(C)NCCC(=O)O)NCCC(=O)O. The Kier molecular flexibility index (Phi) is 7.30. The maximum absolute atomic E-state index is 10.4. The molecule has 8 nitrogen and oxygen atoms in total. The molecule has 0 aliphatic rings. The van der Waals surface area contributed by atoms with Gasteiger partial charge in [-0.2, -0.15) is 10.2 Å². The van der Waals surface area contributed by atoms with E-state index in [0.717, 1.165) is 0 Å². The van der Waals surface area contributed by atoms with Crippen molar-refractivity contribution in [3.8, 4) is 0 Å². The fourth-order valence-electron chi connectivity index (χ4n) is 1.27. The first-order valence-electron chi connectivity index (χ1n) is 6.42. The highest BCUT2D eigenvalue weighted by Gasteiger charge is 2.20. The molecule has 0 aliphatic carbocycles. The highest BCUT2D eigenvalue weighted by molar-refractivity contribution is 5.67. The van der Waals surface area contributed by atoms with E-state index in [2.05, 4.69) is 20.9 Å². The summed E-state index contributed by atoms with van der Waals surface area (Å²) >= 11 is 0. The van der Waals surface area contributed by atoms with Crippen LogP contribution in [0.3, 0.4) is 0 Å². The van der Waals surface area contributed by atoms with E-state index >= 15 is 0 Å². The van der Waals surface area contributed by atoms with Gasteiger partial charge >= 0.3 is 11.9 Å². The summed E-state index contributed by atoms with van der Waals surface area (Å²) in [6, 6.07) is 0. The molecule has 0 atom stereocenters. The molecule has 0 radical (unpaired) electrons. The maximum Gasteiger partial charge on any atom is 0.304 e.